The van der Waals surface area contributed by atoms with E-state index in [1.54, 1.807) is 7.11 Å². The lowest BCUT2D eigenvalue weighted by molar-refractivity contribution is 0.0323. The molecule has 0 heterocycles. The predicted octanol–water partition coefficient (Wildman–Crippen LogP) is 1.82. The lowest BCUT2D eigenvalue weighted by atomic mass is 10.2. The summed E-state index contributed by atoms with van der Waals surface area (Å²) in [6.45, 7) is 6.63. The molecule has 108 valence electrons. The van der Waals surface area contributed by atoms with Gasteiger partial charge in [0.25, 0.3) is 0 Å². The van der Waals surface area contributed by atoms with Gasteiger partial charge in [-0.2, -0.15) is 0 Å². The third kappa shape index (κ3) is 6.57. The lowest BCUT2D eigenvalue weighted by Gasteiger charge is -2.15. The second kappa shape index (κ2) is 8.91. The number of aliphatic hydroxyl groups excluding tert-OH is 1. The van der Waals surface area contributed by atoms with Gasteiger partial charge in [0.1, 0.15) is 18.5 Å². The fourth-order valence-corrected chi connectivity index (χ4v) is 1.71. The fourth-order valence-electron chi connectivity index (χ4n) is 1.71. The SMILES string of the molecule is COCC(O)COc1ccccc1CNCC(C)C. The van der Waals surface area contributed by atoms with Gasteiger partial charge in [0.2, 0.25) is 0 Å². The van der Waals surface area contributed by atoms with Crippen LogP contribution in [0, 0.1) is 5.92 Å². The summed E-state index contributed by atoms with van der Waals surface area (Å²) in [5.74, 6) is 1.44. The summed E-state index contributed by atoms with van der Waals surface area (Å²) in [4.78, 5) is 0. The van der Waals surface area contributed by atoms with Crippen LogP contribution in [0.15, 0.2) is 24.3 Å². The first-order chi connectivity index (χ1) is 9.13. The molecule has 0 fully saturated rings. The highest BCUT2D eigenvalue weighted by atomic mass is 16.5. The summed E-state index contributed by atoms with van der Waals surface area (Å²) < 4.78 is 10.5. The number of ether oxygens (including phenoxy) is 2. The molecule has 1 aromatic carbocycles. The Labute approximate surface area is 115 Å². The molecule has 4 heteroatoms. The van der Waals surface area contributed by atoms with Crippen LogP contribution >= 0.6 is 0 Å². The molecule has 0 aliphatic carbocycles. The summed E-state index contributed by atoms with van der Waals surface area (Å²) in [6, 6.07) is 7.88. The quantitative estimate of drug-likeness (QED) is 0.716. The first-order valence-corrected chi connectivity index (χ1v) is 6.72. The van der Waals surface area contributed by atoms with Crippen molar-refractivity contribution < 1.29 is 14.6 Å². The minimum Gasteiger partial charge on any atom is -0.490 e. The largest absolute Gasteiger partial charge is 0.490 e. The first kappa shape index (κ1) is 16.0. The molecule has 0 saturated carbocycles. The van der Waals surface area contributed by atoms with E-state index in [4.69, 9.17) is 9.47 Å². The van der Waals surface area contributed by atoms with Crippen molar-refractivity contribution in [2.75, 3.05) is 26.9 Å². The molecule has 1 atom stereocenters. The van der Waals surface area contributed by atoms with E-state index in [0.717, 1.165) is 24.4 Å². The van der Waals surface area contributed by atoms with Crippen LogP contribution in [0.3, 0.4) is 0 Å². The van der Waals surface area contributed by atoms with Crippen LogP contribution < -0.4 is 10.1 Å². The number of aliphatic hydroxyl groups is 1. The molecular formula is C15H25NO3. The number of para-hydroxylation sites is 1. The number of hydrogen-bond acceptors (Lipinski definition) is 4. The summed E-state index contributed by atoms with van der Waals surface area (Å²) in [5.41, 5.74) is 1.10. The average Bonchev–Trinajstić information content (AvgIpc) is 2.37. The van der Waals surface area contributed by atoms with Gasteiger partial charge in [-0.1, -0.05) is 32.0 Å². The minimum atomic E-state index is -0.596. The van der Waals surface area contributed by atoms with Crippen molar-refractivity contribution in [3.63, 3.8) is 0 Å². The molecule has 2 N–H and O–H groups in total. The number of hydrogen-bond donors (Lipinski definition) is 2. The van der Waals surface area contributed by atoms with Gasteiger partial charge in [-0.15, -0.1) is 0 Å². The Bertz CT molecular complexity index is 355. The molecule has 4 nitrogen and oxygen atoms in total. The summed E-state index contributed by atoms with van der Waals surface area (Å²) in [6.07, 6.45) is -0.596. The molecule has 1 aromatic rings. The van der Waals surface area contributed by atoms with Gasteiger partial charge in [-0.25, -0.2) is 0 Å². The van der Waals surface area contributed by atoms with Crippen molar-refractivity contribution in [1.82, 2.24) is 5.32 Å². The molecule has 1 rings (SSSR count). The molecule has 0 bridgehead atoms. The van der Waals surface area contributed by atoms with Crippen LogP contribution in [0.1, 0.15) is 19.4 Å². The van der Waals surface area contributed by atoms with Crippen LogP contribution in [-0.2, 0) is 11.3 Å². The molecule has 19 heavy (non-hydrogen) atoms. The summed E-state index contributed by atoms with van der Waals surface area (Å²) >= 11 is 0. The van der Waals surface area contributed by atoms with Crippen molar-refractivity contribution in [2.45, 2.75) is 26.5 Å². The zero-order valence-corrected chi connectivity index (χ0v) is 12.1. The predicted molar refractivity (Wildman–Crippen MR) is 76.4 cm³/mol. The second-order valence-electron chi connectivity index (χ2n) is 5.05. The topological polar surface area (TPSA) is 50.7 Å². The van der Waals surface area contributed by atoms with Crippen molar-refractivity contribution in [1.29, 1.82) is 0 Å². The maximum absolute atomic E-state index is 9.58. The van der Waals surface area contributed by atoms with Gasteiger partial charge >= 0.3 is 0 Å². The normalized spacial score (nSPS) is 12.7. The third-order valence-corrected chi connectivity index (χ3v) is 2.63. The third-order valence-electron chi connectivity index (χ3n) is 2.63. The Balaban J connectivity index is 2.48. The van der Waals surface area contributed by atoms with Gasteiger partial charge in [0.15, 0.2) is 0 Å². The van der Waals surface area contributed by atoms with Crippen molar-refractivity contribution >= 4 is 0 Å². The maximum atomic E-state index is 9.58. The van der Waals surface area contributed by atoms with Gasteiger partial charge in [-0.05, 0) is 18.5 Å². The smallest absolute Gasteiger partial charge is 0.123 e. The molecule has 1 unspecified atom stereocenters. The lowest BCUT2D eigenvalue weighted by Crippen LogP contribution is -2.23. The van der Waals surface area contributed by atoms with E-state index in [9.17, 15) is 5.11 Å². The maximum Gasteiger partial charge on any atom is 0.123 e. The van der Waals surface area contributed by atoms with Crippen LogP contribution in [0.2, 0.25) is 0 Å². The van der Waals surface area contributed by atoms with E-state index in [-0.39, 0.29) is 13.2 Å². The van der Waals surface area contributed by atoms with Crippen LogP contribution in [0.25, 0.3) is 0 Å². The molecule has 0 aliphatic heterocycles. The standard InChI is InChI=1S/C15H25NO3/c1-12(2)8-16-9-13-6-4-5-7-15(13)19-11-14(17)10-18-3/h4-7,12,14,16-17H,8-11H2,1-3H3. The minimum absolute atomic E-state index is 0.245. The van der Waals surface area contributed by atoms with E-state index < -0.39 is 6.10 Å². The molecule has 0 aromatic heterocycles. The Hall–Kier alpha value is -1.10. The average molecular weight is 267 g/mol. The number of methoxy groups -OCH3 is 1. The second-order valence-corrected chi connectivity index (χ2v) is 5.05. The summed E-state index contributed by atoms with van der Waals surface area (Å²) in [5, 5.41) is 13.0. The molecular weight excluding hydrogens is 242 g/mol. The highest BCUT2D eigenvalue weighted by Crippen LogP contribution is 2.18. The van der Waals surface area contributed by atoms with Crippen molar-refractivity contribution in [3.8, 4) is 5.75 Å². The van der Waals surface area contributed by atoms with Gasteiger partial charge < -0.3 is 19.9 Å². The van der Waals surface area contributed by atoms with E-state index in [2.05, 4.69) is 19.2 Å². The molecule has 0 radical (unpaired) electrons. The molecule has 0 saturated heterocycles. The Morgan fingerprint density at radius 3 is 2.63 bits per heavy atom. The van der Waals surface area contributed by atoms with Crippen molar-refractivity contribution in [3.05, 3.63) is 29.8 Å². The fraction of sp³-hybridized carbons (Fsp3) is 0.600. The van der Waals surface area contributed by atoms with Gasteiger partial charge in [0, 0.05) is 19.2 Å². The monoisotopic (exact) mass is 267 g/mol. The Kier molecular flexibility index (Phi) is 7.48. The van der Waals surface area contributed by atoms with E-state index in [1.165, 1.54) is 0 Å². The summed E-state index contributed by atoms with van der Waals surface area (Å²) in [7, 11) is 1.56. The number of nitrogens with one attached hydrogen (secondary N) is 1. The highest BCUT2D eigenvalue weighted by Gasteiger charge is 2.07. The van der Waals surface area contributed by atoms with Crippen LogP contribution in [-0.4, -0.2) is 38.1 Å². The number of rotatable bonds is 9. The van der Waals surface area contributed by atoms with Gasteiger partial charge in [-0.3, -0.25) is 0 Å². The van der Waals surface area contributed by atoms with Crippen LogP contribution in [0.5, 0.6) is 5.75 Å². The molecule has 0 amide bonds. The zero-order valence-electron chi connectivity index (χ0n) is 12.1. The van der Waals surface area contributed by atoms with Crippen molar-refractivity contribution in [2.24, 2.45) is 5.92 Å². The van der Waals surface area contributed by atoms with E-state index >= 15 is 0 Å². The van der Waals surface area contributed by atoms with E-state index in [1.807, 2.05) is 24.3 Å². The molecule has 0 aliphatic rings. The first-order valence-electron chi connectivity index (χ1n) is 6.72. The zero-order chi connectivity index (χ0) is 14.1. The van der Waals surface area contributed by atoms with E-state index in [0.29, 0.717) is 5.92 Å². The van der Waals surface area contributed by atoms with Crippen LogP contribution in [0.4, 0.5) is 0 Å². The Morgan fingerprint density at radius 2 is 1.95 bits per heavy atom. The van der Waals surface area contributed by atoms with Gasteiger partial charge in [0.05, 0.1) is 6.61 Å². The number of benzene rings is 1. The Morgan fingerprint density at radius 1 is 1.21 bits per heavy atom. The molecule has 0 spiro atoms. The highest BCUT2D eigenvalue weighted by molar-refractivity contribution is 5.33.